The molecule has 0 radical (unpaired) electrons. The van der Waals surface area contributed by atoms with Crippen LogP contribution in [0.5, 0.6) is 0 Å². The van der Waals surface area contributed by atoms with E-state index in [1.165, 1.54) is 44.9 Å². The Balaban J connectivity index is 4.88. The van der Waals surface area contributed by atoms with Gasteiger partial charge in [-0.25, -0.2) is 0 Å². The first kappa shape index (κ1) is 55.3. The molecule has 59 heavy (non-hydrogen) atoms. The lowest BCUT2D eigenvalue weighted by molar-refractivity contribution is -0.151. The van der Waals surface area contributed by atoms with Gasteiger partial charge in [0.1, 0.15) is 6.10 Å². The van der Waals surface area contributed by atoms with Gasteiger partial charge >= 0.3 is 5.97 Å². The van der Waals surface area contributed by atoms with Gasteiger partial charge in [0.05, 0.1) is 25.2 Å². The molecule has 6 heteroatoms. The Morgan fingerprint density at radius 2 is 1.00 bits per heavy atom. The molecule has 0 bridgehead atoms. The minimum atomic E-state index is -0.821. The summed E-state index contributed by atoms with van der Waals surface area (Å²) in [6, 6.07) is -0.741. The van der Waals surface area contributed by atoms with Crippen molar-refractivity contribution >= 4 is 11.9 Å². The molecule has 0 saturated heterocycles. The number of aliphatic hydroxyl groups excluding tert-OH is 2. The number of amides is 1. The maximum atomic E-state index is 13.1. The molecule has 0 aliphatic heterocycles. The van der Waals surface area contributed by atoms with Crippen LogP contribution in [0, 0.1) is 0 Å². The Kier molecular flexibility index (Phi) is 42.5. The lowest BCUT2D eigenvalue weighted by atomic mass is 10.0. The van der Waals surface area contributed by atoms with Crippen molar-refractivity contribution in [3.63, 3.8) is 0 Å². The minimum absolute atomic E-state index is 0.00117. The number of ether oxygens (including phenoxy) is 1. The van der Waals surface area contributed by atoms with Crippen LogP contribution >= 0.6 is 0 Å². The predicted molar refractivity (Wildman–Crippen MR) is 254 cm³/mol. The van der Waals surface area contributed by atoms with E-state index in [1.807, 2.05) is 54.7 Å². The van der Waals surface area contributed by atoms with Crippen LogP contribution in [0.15, 0.2) is 122 Å². The van der Waals surface area contributed by atoms with E-state index >= 15 is 0 Å². The van der Waals surface area contributed by atoms with Gasteiger partial charge in [0, 0.05) is 6.42 Å². The topological polar surface area (TPSA) is 95.9 Å². The summed E-state index contributed by atoms with van der Waals surface area (Å²) in [5.74, 6) is -0.635. The van der Waals surface area contributed by atoms with E-state index in [2.05, 4.69) is 92.9 Å². The Hall–Kier alpha value is -3.74. The zero-order valence-corrected chi connectivity index (χ0v) is 37.6. The fourth-order valence-corrected chi connectivity index (χ4v) is 6.20. The van der Waals surface area contributed by atoms with Gasteiger partial charge in [-0.1, -0.05) is 206 Å². The molecule has 332 valence electrons. The molecular formula is C53H85NO5. The molecule has 0 aliphatic carbocycles. The van der Waals surface area contributed by atoms with Gasteiger partial charge in [0.2, 0.25) is 5.91 Å². The summed E-state index contributed by atoms with van der Waals surface area (Å²) in [7, 11) is 0. The van der Waals surface area contributed by atoms with Gasteiger partial charge in [0.15, 0.2) is 0 Å². The monoisotopic (exact) mass is 816 g/mol. The molecule has 0 aromatic heterocycles. The van der Waals surface area contributed by atoms with Crippen molar-refractivity contribution in [3.05, 3.63) is 122 Å². The third-order valence-electron chi connectivity index (χ3n) is 9.66. The fourth-order valence-electron chi connectivity index (χ4n) is 6.20. The highest BCUT2D eigenvalue weighted by Gasteiger charge is 2.23. The molecule has 3 atom stereocenters. The maximum absolute atomic E-state index is 13.1. The second-order valence-corrected chi connectivity index (χ2v) is 15.2. The van der Waals surface area contributed by atoms with E-state index < -0.39 is 18.2 Å². The van der Waals surface area contributed by atoms with Gasteiger partial charge in [-0.15, -0.1) is 0 Å². The standard InChI is InChI=1S/C53H85NO5/c1-4-7-10-13-16-19-22-24-25-26-27-29-30-32-35-38-41-44-49(59-53(58)46-43-40-37-34-31-28-23-20-17-14-11-8-5-2)47-52(57)54-50(48-55)51(56)45-42-39-36-33-21-18-15-12-9-6-3/h7-8,10-11,14,16-17,19-20,23-25,27-29,31-32,34-35,37,49-51,55-56H,4-6,9,12-13,15,18,21-22,26,30,33,36,38-48H2,1-3H3,(H,54,57)/b10-7-,11-8+,17-14+,19-16-,23-20-,25-24-,29-27-,31-28-,35-32-,37-34+. The van der Waals surface area contributed by atoms with Gasteiger partial charge in [-0.05, 0) is 77.0 Å². The van der Waals surface area contributed by atoms with Crippen LogP contribution in [-0.2, 0) is 14.3 Å². The number of hydrogen-bond acceptors (Lipinski definition) is 5. The normalized spacial score (nSPS) is 14.5. The van der Waals surface area contributed by atoms with Crippen LogP contribution in [0.1, 0.15) is 175 Å². The summed E-state index contributed by atoms with van der Waals surface area (Å²) in [6.07, 6.45) is 62.6. The van der Waals surface area contributed by atoms with Crippen molar-refractivity contribution < 1.29 is 24.5 Å². The highest BCUT2D eigenvalue weighted by molar-refractivity contribution is 5.77. The van der Waals surface area contributed by atoms with Gasteiger partial charge in [-0.2, -0.15) is 0 Å². The highest BCUT2D eigenvalue weighted by atomic mass is 16.5. The molecule has 0 aromatic carbocycles. The van der Waals surface area contributed by atoms with Crippen molar-refractivity contribution in [2.45, 2.75) is 193 Å². The predicted octanol–water partition coefficient (Wildman–Crippen LogP) is 13.7. The number of aliphatic hydroxyl groups is 2. The molecule has 1 amide bonds. The van der Waals surface area contributed by atoms with Crippen LogP contribution in [0.3, 0.4) is 0 Å². The van der Waals surface area contributed by atoms with Crippen molar-refractivity contribution in [1.29, 1.82) is 0 Å². The Morgan fingerprint density at radius 3 is 1.54 bits per heavy atom. The molecule has 0 aliphatic rings. The lowest BCUT2D eigenvalue weighted by Gasteiger charge is -2.24. The summed E-state index contributed by atoms with van der Waals surface area (Å²) in [5.41, 5.74) is 0. The molecular weight excluding hydrogens is 731 g/mol. The van der Waals surface area contributed by atoms with Crippen molar-refractivity contribution in [3.8, 4) is 0 Å². The van der Waals surface area contributed by atoms with Crippen LogP contribution in [0.25, 0.3) is 0 Å². The second kappa shape index (κ2) is 45.3. The average Bonchev–Trinajstić information content (AvgIpc) is 3.23. The van der Waals surface area contributed by atoms with E-state index in [-0.39, 0.29) is 31.3 Å². The molecule has 6 nitrogen and oxygen atoms in total. The summed E-state index contributed by atoms with van der Waals surface area (Å²) in [5, 5.41) is 23.6. The smallest absolute Gasteiger partial charge is 0.306 e. The molecule has 0 spiro atoms. The first-order chi connectivity index (χ1) is 29.0. The van der Waals surface area contributed by atoms with Crippen LogP contribution in [0.4, 0.5) is 0 Å². The minimum Gasteiger partial charge on any atom is -0.462 e. The molecule has 0 rings (SSSR count). The molecule has 0 aromatic rings. The van der Waals surface area contributed by atoms with Gasteiger partial charge in [-0.3, -0.25) is 9.59 Å². The van der Waals surface area contributed by atoms with E-state index in [0.29, 0.717) is 19.3 Å². The van der Waals surface area contributed by atoms with Crippen molar-refractivity contribution in [2.75, 3.05) is 6.61 Å². The molecule has 3 N–H and O–H groups in total. The number of allylic oxidation sites excluding steroid dienone is 20. The maximum Gasteiger partial charge on any atom is 0.306 e. The Bertz CT molecular complexity index is 1280. The first-order valence-electron chi connectivity index (χ1n) is 23.3. The largest absolute Gasteiger partial charge is 0.462 e. The van der Waals surface area contributed by atoms with E-state index in [4.69, 9.17) is 4.74 Å². The van der Waals surface area contributed by atoms with Crippen LogP contribution < -0.4 is 5.32 Å². The summed E-state index contributed by atoms with van der Waals surface area (Å²) < 4.78 is 5.84. The number of nitrogens with one attached hydrogen (secondary N) is 1. The summed E-state index contributed by atoms with van der Waals surface area (Å²) in [4.78, 5) is 26.0. The first-order valence-corrected chi connectivity index (χ1v) is 23.3. The Labute approximate surface area is 361 Å². The van der Waals surface area contributed by atoms with Gasteiger partial charge in [0.25, 0.3) is 0 Å². The number of rotatable bonds is 39. The Morgan fingerprint density at radius 1 is 0.525 bits per heavy atom. The third kappa shape index (κ3) is 40.8. The molecule has 0 saturated carbocycles. The van der Waals surface area contributed by atoms with Crippen molar-refractivity contribution in [2.24, 2.45) is 0 Å². The quantitative estimate of drug-likeness (QED) is 0.0249. The average molecular weight is 816 g/mol. The third-order valence-corrected chi connectivity index (χ3v) is 9.66. The second-order valence-electron chi connectivity index (χ2n) is 15.2. The zero-order valence-electron chi connectivity index (χ0n) is 37.6. The van der Waals surface area contributed by atoms with E-state index in [9.17, 15) is 19.8 Å². The number of esters is 1. The van der Waals surface area contributed by atoms with E-state index in [1.54, 1.807) is 0 Å². The molecule has 3 unspecified atom stereocenters. The number of hydrogen-bond donors (Lipinski definition) is 3. The van der Waals surface area contributed by atoms with Crippen LogP contribution in [0.2, 0.25) is 0 Å². The molecule has 0 fully saturated rings. The lowest BCUT2D eigenvalue weighted by Crippen LogP contribution is -2.46. The molecule has 0 heterocycles. The summed E-state index contributed by atoms with van der Waals surface area (Å²) in [6.45, 7) is 6.15. The van der Waals surface area contributed by atoms with Gasteiger partial charge < -0.3 is 20.3 Å². The SMILES string of the molecule is CC/C=C\C/C=C\C/C=C\C/C=C\C/C=C\CCCC(CC(=O)NC(CO)C(O)CCCCCCCCCCCC)OC(=O)CCC/C=C/C=C\C=C/C=C/C=C/CC. The van der Waals surface area contributed by atoms with Crippen molar-refractivity contribution in [1.82, 2.24) is 5.32 Å². The number of carbonyl (C=O) groups is 2. The highest BCUT2D eigenvalue weighted by Crippen LogP contribution is 2.15. The number of carbonyl (C=O) groups excluding carboxylic acids is 2. The van der Waals surface area contributed by atoms with Crippen LogP contribution in [-0.4, -0.2) is 46.9 Å². The van der Waals surface area contributed by atoms with E-state index in [0.717, 1.165) is 77.0 Å². The summed E-state index contributed by atoms with van der Waals surface area (Å²) >= 11 is 0. The fraction of sp³-hybridized carbons (Fsp3) is 0.585. The number of unbranched alkanes of at least 4 members (excludes halogenated alkanes) is 11. The zero-order chi connectivity index (χ0) is 43.1.